The number of primary amides is 1. The van der Waals surface area contributed by atoms with Crippen molar-refractivity contribution in [2.24, 2.45) is 5.73 Å². The van der Waals surface area contributed by atoms with E-state index in [1.807, 2.05) is 18.2 Å². The van der Waals surface area contributed by atoms with Crippen molar-refractivity contribution < 1.29 is 22.8 Å². The van der Waals surface area contributed by atoms with Crippen LogP contribution in [0.4, 0.5) is 35.0 Å². The number of anilines is 3. The van der Waals surface area contributed by atoms with Gasteiger partial charge in [-0.1, -0.05) is 18.2 Å². The van der Waals surface area contributed by atoms with Crippen LogP contribution in [0, 0.1) is 17.5 Å². The third-order valence-electron chi connectivity index (χ3n) is 4.95. The molecule has 1 aliphatic carbocycles. The third-order valence-corrected chi connectivity index (χ3v) is 4.95. The molecule has 0 aromatic heterocycles. The maximum Gasteiger partial charge on any atom is 0.320 e. The van der Waals surface area contributed by atoms with Crippen LogP contribution in [0.3, 0.4) is 0 Å². The molecule has 4 N–H and O–H groups in total. The van der Waals surface area contributed by atoms with Crippen LogP contribution in [0.25, 0.3) is 0 Å². The number of fused-ring (bicyclic) bond motifs is 1. The van der Waals surface area contributed by atoms with E-state index < -0.39 is 41.0 Å². The van der Waals surface area contributed by atoms with Gasteiger partial charge in [-0.15, -0.1) is 0 Å². The van der Waals surface area contributed by atoms with Crippen molar-refractivity contribution in [1.82, 2.24) is 0 Å². The van der Waals surface area contributed by atoms with Gasteiger partial charge >= 0.3 is 6.03 Å². The van der Waals surface area contributed by atoms with Gasteiger partial charge in [-0.2, -0.15) is 0 Å². The van der Waals surface area contributed by atoms with Crippen LogP contribution in [-0.4, -0.2) is 24.4 Å². The van der Waals surface area contributed by atoms with E-state index in [9.17, 15) is 22.8 Å². The first-order chi connectivity index (χ1) is 14.3. The largest absolute Gasteiger partial charge is 0.384 e. The van der Waals surface area contributed by atoms with E-state index in [-0.39, 0.29) is 5.70 Å². The Hall–Kier alpha value is -3.75. The highest BCUT2D eigenvalue weighted by Gasteiger charge is 2.33. The number of ketones is 1. The van der Waals surface area contributed by atoms with Crippen molar-refractivity contribution in [3.8, 4) is 0 Å². The lowest BCUT2D eigenvalue weighted by atomic mass is 10.0. The Morgan fingerprint density at radius 3 is 2.67 bits per heavy atom. The number of rotatable bonds is 4. The van der Waals surface area contributed by atoms with E-state index in [2.05, 4.69) is 10.6 Å². The Morgan fingerprint density at radius 2 is 1.90 bits per heavy atom. The highest BCUT2D eigenvalue weighted by atomic mass is 19.2. The lowest BCUT2D eigenvalue weighted by Gasteiger charge is -2.30. The zero-order valence-corrected chi connectivity index (χ0v) is 15.6. The summed E-state index contributed by atoms with van der Waals surface area (Å²) < 4.78 is 41.2. The minimum absolute atomic E-state index is 0.134. The number of nitrogens with one attached hydrogen (secondary N) is 2. The molecule has 0 saturated carbocycles. The number of nitrogens with two attached hydrogens (primary N) is 1. The summed E-state index contributed by atoms with van der Waals surface area (Å²) in [7, 11) is 0. The first kappa shape index (κ1) is 19.6. The number of nitrogens with zero attached hydrogens (tertiary/aromatic N) is 1. The first-order valence-corrected chi connectivity index (χ1v) is 9.15. The Balaban J connectivity index is 1.62. The van der Waals surface area contributed by atoms with Gasteiger partial charge in [0.2, 0.25) is 5.78 Å². The quantitative estimate of drug-likeness (QED) is 0.669. The zero-order valence-electron chi connectivity index (χ0n) is 15.6. The number of carbonyl (C=O) groups is 2. The van der Waals surface area contributed by atoms with Crippen molar-refractivity contribution in [3.05, 3.63) is 77.3 Å². The van der Waals surface area contributed by atoms with Gasteiger partial charge in [-0.25, -0.2) is 18.0 Å². The van der Waals surface area contributed by atoms with Crippen molar-refractivity contribution in [2.75, 3.05) is 22.1 Å². The maximum absolute atomic E-state index is 14.3. The minimum Gasteiger partial charge on any atom is -0.384 e. The highest BCUT2D eigenvalue weighted by Crippen LogP contribution is 2.29. The number of allylic oxidation sites excluding steroid dienone is 2. The molecule has 0 saturated heterocycles. The molecule has 154 valence electrons. The van der Waals surface area contributed by atoms with Crippen LogP contribution in [0.5, 0.6) is 0 Å². The van der Waals surface area contributed by atoms with E-state index in [0.717, 1.165) is 24.2 Å². The molecule has 1 heterocycles. The van der Waals surface area contributed by atoms with Gasteiger partial charge in [0.1, 0.15) is 11.9 Å². The van der Waals surface area contributed by atoms with Gasteiger partial charge in [0.05, 0.1) is 11.4 Å². The lowest BCUT2D eigenvalue weighted by Crippen LogP contribution is -2.49. The molecule has 30 heavy (non-hydrogen) atoms. The summed E-state index contributed by atoms with van der Waals surface area (Å²) in [5.41, 5.74) is 7.61. The Kier molecular flexibility index (Phi) is 4.94. The van der Waals surface area contributed by atoms with Crippen LogP contribution in [0.2, 0.25) is 0 Å². The number of amides is 2. The molecule has 2 aromatic rings. The summed E-state index contributed by atoms with van der Waals surface area (Å²) in [6.07, 6.45) is 5.23. The molecule has 1 unspecified atom stereocenters. The van der Waals surface area contributed by atoms with Gasteiger partial charge < -0.3 is 16.4 Å². The lowest BCUT2D eigenvalue weighted by molar-refractivity contribution is -0.115. The summed E-state index contributed by atoms with van der Waals surface area (Å²) in [5.74, 6) is -4.60. The smallest absolute Gasteiger partial charge is 0.320 e. The van der Waals surface area contributed by atoms with Crippen LogP contribution in [-0.2, 0) is 11.2 Å². The summed E-state index contributed by atoms with van der Waals surface area (Å²) in [6.45, 7) is 0.832. The fourth-order valence-corrected chi connectivity index (χ4v) is 3.52. The molecule has 0 fully saturated rings. The average Bonchev–Trinajstić information content (AvgIpc) is 3.16. The van der Waals surface area contributed by atoms with Gasteiger partial charge in [-0.3, -0.25) is 9.69 Å². The number of urea groups is 1. The Labute approximate surface area is 169 Å². The second-order valence-electron chi connectivity index (χ2n) is 6.87. The number of hydrogen-bond donors (Lipinski definition) is 3. The third kappa shape index (κ3) is 3.49. The van der Waals surface area contributed by atoms with E-state index in [1.54, 1.807) is 0 Å². The second-order valence-corrected chi connectivity index (χ2v) is 6.87. The molecule has 2 aliphatic rings. The monoisotopic (exact) mass is 414 g/mol. The van der Waals surface area contributed by atoms with Crippen molar-refractivity contribution in [3.63, 3.8) is 0 Å². The maximum atomic E-state index is 14.3. The molecule has 9 heteroatoms. The van der Waals surface area contributed by atoms with Crippen LogP contribution in [0.15, 0.2) is 54.3 Å². The standard InChI is InChI=1S/C21H17F3N4O2/c22-13-9-15(24)19(10-14(13)23)28(21(25)30)18-3-1-2-16(20(18)29)27-12-5-4-11-6-7-26-17(11)8-12/h1-5,8-10,18,26-27H,6-7H2,(H2,25,30). The average molecular weight is 414 g/mol. The normalized spacial score (nSPS) is 17.2. The molecule has 1 atom stereocenters. The molecular formula is C21H17F3N4O2. The van der Waals surface area contributed by atoms with Gasteiger partial charge in [0.15, 0.2) is 11.6 Å². The van der Waals surface area contributed by atoms with Gasteiger partial charge in [0.25, 0.3) is 0 Å². The molecule has 2 amide bonds. The molecule has 4 rings (SSSR count). The number of carbonyl (C=O) groups excluding carboxylic acids is 2. The summed E-state index contributed by atoms with van der Waals surface area (Å²) >= 11 is 0. The van der Waals surface area contributed by atoms with Crippen LogP contribution < -0.4 is 21.3 Å². The number of halogens is 3. The van der Waals surface area contributed by atoms with Crippen molar-refractivity contribution >= 4 is 28.9 Å². The Morgan fingerprint density at radius 1 is 1.13 bits per heavy atom. The molecule has 1 aliphatic heterocycles. The van der Waals surface area contributed by atoms with E-state index >= 15 is 0 Å². The zero-order chi connectivity index (χ0) is 21.4. The number of hydrogen-bond acceptors (Lipinski definition) is 4. The molecule has 2 aromatic carbocycles. The molecular weight excluding hydrogens is 397 g/mol. The topological polar surface area (TPSA) is 87.5 Å². The summed E-state index contributed by atoms with van der Waals surface area (Å²) in [5, 5.41) is 6.22. The predicted molar refractivity (Wildman–Crippen MR) is 107 cm³/mol. The highest BCUT2D eigenvalue weighted by molar-refractivity contribution is 6.10. The second kappa shape index (κ2) is 7.58. The predicted octanol–water partition coefficient (Wildman–Crippen LogP) is 3.46. The summed E-state index contributed by atoms with van der Waals surface area (Å²) in [6, 6.07) is 3.87. The van der Waals surface area contributed by atoms with E-state index in [0.29, 0.717) is 22.7 Å². The van der Waals surface area contributed by atoms with Crippen LogP contribution >= 0.6 is 0 Å². The number of Topliss-reactive ketones (excluding diaryl/α,β-unsaturated/α-hetero) is 1. The molecule has 6 nitrogen and oxygen atoms in total. The van der Waals surface area contributed by atoms with Crippen LogP contribution in [0.1, 0.15) is 5.56 Å². The van der Waals surface area contributed by atoms with E-state index in [1.165, 1.54) is 18.2 Å². The fourth-order valence-electron chi connectivity index (χ4n) is 3.52. The summed E-state index contributed by atoms with van der Waals surface area (Å²) in [4.78, 5) is 25.6. The van der Waals surface area contributed by atoms with Gasteiger partial charge in [0, 0.05) is 30.1 Å². The molecule has 0 bridgehead atoms. The molecule has 0 radical (unpaired) electrons. The van der Waals surface area contributed by atoms with Crippen molar-refractivity contribution in [1.29, 1.82) is 0 Å². The van der Waals surface area contributed by atoms with E-state index in [4.69, 9.17) is 5.73 Å². The van der Waals surface area contributed by atoms with Gasteiger partial charge in [-0.05, 0) is 30.2 Å². The first-order valence-electron chi connectivity index (χ1n) is 9.15. The molecule has 0 spiro atoms. The SMILES string of the molecule is NC(=O)N(c1cc(F)c(F)cc1F)C1C=CC=C(Nc2ccc3c(c2)NCC3)C1=O. The van der Waals surface area contributed by atoms with Crippen molar-refractivity contribution in [2.45, 2.75) is 12.5 Å². The fraction of sp³-hybridized carbons (Fsp3) is 0.143. The minimum atomic E-state index is -1.42. The number of benzene rings is 2. The Bertz CT molecular complexity index is 1110.